The molecule has 2 aromatic heterocycles. The van der Waals surface area contributed by atoms with Gasteiger partial charge in [-0.2, -0.15) is 5.10 Å². The van der Waals surface area contributed by atoms with Crippen LogP contribution in [0.25, 0.3) is 0 Å². The summed E-state index contributed by atoms with van der Waals surface area (Å²) in [7, 11) is 0. The number of carbonyl (C=O) groups excluding carboxylic acids is 1. The van der Waals surface area contributed by atoms with Crippen molar-refractivity contribution in [2.45, 2.75) is 25.6 Å². The molecule has 11 heteroatoms. The molecule has 1 amide bonds. The van der Waals surface area contributed by atoms with Gasteiger partial charge in [0.1, 0.15) is 6.54 Å². The van der Waals surface area contributed by atoms with Crippen molar-refractivity contribution in [3.63, 3.8) is 0 Å². The second-order valence-electron chi connectivity index (χ2n) is 5.57. The van der Waals surface area contributed by atoms with Crippen molar-refractivity contribution in [3.05, 3.63) is 50.0 Å². The highest BCUT2D eigenvalue weighted by atomic mass is 79.9. The fourth-order valence-corrected chi connectivity index (χ4v) is 3.54. The van der Waals surface area contributed by atoms with Gasteiger partial charge < -0.3 is 9.73 Å². The molecule has 1 N–H and O–H groups in total. The maximum atomic E-state index is 12.1. The molecular weight excluding hydrogens is 477 g/mol. The zero-order valence-electron chi connectivity index (χ0n) is 14.3. The minimum Gasteiger partial charge on any atom is -0.414 e. The lowest BCUT2D eigenvalue weighted by Crippen LogP contribution is -2.14. The van der Waals surface area contributed by atoms with Crippen LogP contribution in [-0.4, -0.2) is 31.6 Å². The SMILES string of the molecule is Cc1nn(Cc2nnc(SCC(=O)Nc3ccc(Cl)cc3Cl)o2)c(C)c1Br. The van der Waals surface area contributed by atoms with Gasteiger partial charge in [0, 0.05) is 5.02 Å². The van der Waals surface area contributed by atoms with Crippen LogP contribution in [0.2, 0.25) is 10.0 Å². The number of rotatable bonds is 6. The molecule has 27 heavy (non-hydrogen) atoms. The largest absolute Gasteiger partial charge is 0.414 e. The molecule has 142 valence electrons. The maximum absolute atomic E-state index is 12.1. The molecule has 0 unspecified atom stereocenters. The topological polar surface area (TPSA) is 85.8 Å². The minimum atomic E-state index is -0.244. The van der Waals surface area contributed by atoms with Crippen LogP contribution in [0.4, 0.5) is 5.69 Å². The Kier molecular flexibility index (Phi) is 6.46. The average molecular weight is 491 g/mol. The Morgan fingerprint density at radius 1 is 1.33 bits per heavy atom. The monoisotopic (exact) mass is 489 g/mol. The Morgan fingerprint density at radius 2 is 2.11 bits per heavy atom. The van der Waals surface area contributed by atoms with Crippen molar-refractivity contribution < 1.29 is 9.21 Å². The summed E-state index contributed by atoms with van der Waals surface area (Å²) < 4.78 is 8.30. The normalized spacial score (nSPS) is 11.0. The Labute approximate surface area is 177 Å². The second kappa shape index (κ2) is 8.64. The fourth-order valence-electron chi connectivity index (χ4n) is 2.22. The van der Waals surface area contributed by atoms with Gasteiger partial charge >= 0.3 is 0 Å². The molecule has 0 aliphatic heterocycles. The fraction of sp³-hybridized carbons (Fsp3) is 0.250. The highest BCUT2D eigenvalue weighted by Crippen LogP contribution is 2.26. The van der Waals surface area contributed by atoms with Crippen molar-refractivity contribution in [1.29, 1.82) is 0 Å². The highest BCUT2D eigenvalue weighted by molar-refractivity contribution is 9.10. The standard InChI is InChI=1S/C16H14BrCl2N5O2S/c1-8-15(17)9(2)24(23-8)6-14-21-22-16(26-14)27-7-13(25)20-12-4-3-10(18)5-11(12)19/h3-5H,6-7H2,1-2H3,(H,20,25). The zero-order valence-corrected chi connectivity index (χ0v) is 18.2. The summed E-state index contributed by atoms with van der Waals surface area (Å²) in [6.07, 6.45) is 0. The smallest absolute Gasteiger partial charge is 0.277 e. The Morgan fingerprint density at radius 3 is 2.78 bits per heavy atom. The number of benzene rings is 1. The van der Waals surface area contributed by atoms with Gasteiger partial charge in [0.25, 0.3) is 5.22 Å². The summed E-state index contributed by atoms with van der Waals surface area (Å²) in [5.74, 6) is 0.273. The van der Waals surface area contributed by atoms with Crippen molar-refractivity contribution in [2.24, 2.45) is 0 Å². The first kappa shape index (κ1) is 20.2. The Hall–Kier alpha value is -1.55. The van der Waals surface area contributed by atoms with E-state index in [1.807, 2.05) is 13.8 Å². The highest BCUT2D eigenvalue weighted by Gasteiger charge is 2.14. The summed E-state index contributed by atoms with van der Waals surface area (Å²) in [6.45, 7) is 4.22. The number of hydrogen-bond acceptors (Lipinski definition) is 6. The van der Waals surface area contributed by atoms with Crippen molar-refractivity contribution in [2.75, 3.05) is 11.1 Å². The van der Waals surface area contributed by atoms with Gasteiger partial charge in [-0.15, -0.1) is 10.2 Å². The van der Waals surface area contributed by atoms with Gasteiger partial charge in [-0.25, -0.2) is 0 Å². The average Bonchev–Trinajstić information content (AvgIpc) is 3.16. The van der Waals surface area contributed by atoms with E-state index in [9.17, 15) is 4.79 Å². The molecule has 0 aliphatic carbocycles. The first-order chi connectivity index (χ1) is 12.8. The summed E-state index contributed by atoms with van der Waals surface area (Å²) in [6, 6.07) is 4.86. The zero-order chi connectivity index (χ0) is 19.6. The van der Waals surface area contributed by atoms with Gasteiger partial charge in [0.2, 0.25) is 11.8 Å². The van der Waals surface area contributed by atoms with Crippen LogP contribution in [0.1, 0.15) is 17.3 Å². The van der Waals surface area contributed by atoms with E-state index in [0.29, 0.717) is 33.4 Å². The number of halogens is 3. The lowest BCUT2D eigenvalue weighted by atomic mass is 10.3. The van der Waals surface area contributed by atoms with Crippen molar-refractivity contribution in [3.8, 4) is 0 Å². The molecule has 0 atom stereocenters. The molecule has 0 bridgehead atoms. The van der Waals surface area contributed by atoms with E-state index in [0.717, 1.165) is 27.6 Å². The lowest BCUT2D eigenvalue weighted by molar-refractivity contribution is -0.113. The second-order valence-corrected chi connectivity index (χ2v) is 8.13. The van der Waals surface area contributed by atoms with E-state index in [1.54, 1.807) is 22.9 Å². The summed E-state index contributed by atoms with van der Waals surface area (Å²) in [5, 5.41) is 16.2. The minimum absolute atomic E-state index is 0.103. The van der Waals surface area contributed by atoms with E-state index in [4.69, 9.17) is 27.6 Å². The van der Waals surface area contributed by atoms with E-state index >= 15 is 0 Å². The van der Waals surface area contributed by atoms with E-state index in [-0.39, 0.29) is 11.7 Å². The Bertz CT molecular complexity index is 991. The van der Waals surface area contributed by atoms with Crippen LogP contribution in [0.15, 0.2) is 32.3 Å². The van der Waals surface area contributed by atoms with Crippen LogP contribution in [0, 0.1) is 13.8 Å². The molecule has 0 spiro atoms. The van der Waals surface area contributed by atoms with Crippen LogP contribution in [0.5, 0.6) is 0 Å². The number of nitrogens with zero attached hydrogens (tertiary/aromatic N) is 4. The third-order valence-corrected chi connectivity index (χ3v) is 6.07. The first-order valence-corrected chi connectivity index (χ1v) is 10.3. The predicted molar refractivity (Wildman–Crippen MR) is 109 cm³/mol. The number of aryl methyl sites for hydroxylation is 1. The number of hydrogen-bond donors (Lipinski definition) is 1. The third-order valence-electron chi connectivity index (χ3n) is 3.56. The van der Waals surface area contributed by atoms with E-state index in [2.05, 4.69) is 36.5 Å². The Balaban J connectivity index is 1.56. The van der Waals surface area contributed by atoms with Crippen molar-refractivity contribution in [1.82, 2.24) is 20.0 Å². The van der Waals surface area contributed by atoms with Crippen LogP contribution in [-0.2, 0) is 11.3 Å². The van der Waals surface area contributed by atoms with Gasteiger partial charge in [0.05, 0.1) is 32.3 Å². The third kappa shape index (κ3) is 5.04. The molecule has 0 aliphatic rings. The van der Waals surface area contributed by atoms with Gasteiger partial charge in [0.15, 0.2) is 0 Å². The molecule has 3 aromatic rings. The van der Waals surface area contributed by atoms with Crippen LogP contribution in [0.3, 0.4) is 0 Å². The summed E-state index contributed by atoms with van der Waals surface area (Å²) in [4.78, 5) is 12.1. The van der Waals surface area contributed by atoms with Gasteiger partial charge in [-0.05, 0) is 48.0 Å². The maximum Gasteiger partial charge on any atom is 0.277 e. The quantitative estimate of drug-likeness (QED) is 0.502. The van der Waals surface area contributed by atoms with Gasteiger partial charge in [-0.1, -0.05) is 35.0 Å². The number of thioether (sulfide) groups is 1. The lowest BCUT2D eigenvalue weighted by Gasteiger charge is -2.06. The van der Waals surface area contributed by atoms with Crippen molar-refractivity contribution >= 4 is 62.5 Å². The molecule has 3 rings (SSSR count). The molecule has 2 heterocycles. The number of aromatic nitrogens is 4. The predicted octanol–water partition coefficient (Wildman–Crippen LogP) is 4.73. The molecular formula is C16H14BrCl2N5O2S. The molecule has 0 radical (unpaired) electrons. The molecule has 7 nitrogen and oxygen atoms in total. The number of anilines is 1. The number of nitrogens with one attached hydrogen (secondary N) is 1. The van der Waals surface area contributed by atoms with E-state index < -0.39 is 0 Å². The molecule has 0 saturated heterocycles. The van der Waals surface area contributed by atoms with Crippen LogP contribution >= 0.6 is 50.9 Å². The summed E-state index contributed by atoms with van der Waals surface area (Å²) in [5.41, 5.74) is 2.35. The van der Waals surface area contributed by atoms with Crippen LogP contribution < -0.4 is 5.32 Å². The molecule has 0 saturated carbocycles. The van der Waals surface area contributed by atoms with E-state index in [1.165, 1.54) is 0 Å². The first-order valence-electron chi connectivity index (χ1n) is 7.73. The number of amides is 1. The molecule has 0 fully saturated rings. The summed E-state index contributed by atoms with van der Waals surface area (Å²) >= 11 is 16.5. The molecule has 1 aromatic carbocycles. The van der Waals surface area contributed by atoms with Gasteiger partial charge in [-0.3, -0.25) is 9.48 Å². The number of carbonyl (C=O) groups is 1.